The number of ether oxygens (including phenoxy) is 1. The number of nitrogens with two attached hydrogens (primary N) is 1. The summed E-state index contributed by atoms with van der Waals surface area (Å²) in [7, 11) is 0. The second kappa shape index (κ2) is 3.72. The van der Waals surface area contributed by atoms with E-state index in [0.717, 1.165) is 18.1 Å². The molecule has 1 aliphatic heterocycles. The highest BCUT2D eigenvalue weighted by Crippen LogP contribution is 2.19. The van der Waals surface area contributed by atoms with Gasteiger partial charge in [0, 0.05) is 18.7 Å². The monoisotopic (exact) mass is 179 g/mol. The fraction of sp³-hybridized carbons (Fsp3) is 0.444. The number of rotatable bonds is 3. The number of fused-ring (bicyclic) bond motifs is 1. The molecule has 1 aromatic heterocycles. The van der Waals surface area contributed by atoms with Crippen LogP contribution < -0.4 is 11.1 Å². The van der Waals surface area contributed by atoms with Gasteiger partial charge in [-0.25, -0.2) is 4.98 Å². The Kier molecular flexibility index (Phi) is 2.42. The van der Waals surface area contributed by atoms with E-state index in [4.69, 9.17) is 10.5 Å². The second-order valence-electron chi connectivity index (χ2n) is 3.01. The molecule has 0 bridgehead atoms. The molecule has 0 atom stereocenters. The molecular weight excluding hydrogens is 166 g/mol. The number of aromatic nitrogens is 1. The predicted molar refractivity (Wildman–Crippen MR) is 50.3 cm³/mol. The number of anilines is 1. The average Bonchev–Trinajstić information content (AvgIpc) is 2.61. The minimum atomic E-state index is 0.620. The van der Waals surface area contributed by atoms with Crippen LogP contribution in [0.3, 0.4) is 0 Å². The molecular formula is C9H13N3O. The van der Waals surface area contributed by atoms with E-state index < -0.39 is 0 Å². The Bertz CT molecular complexity index is 301. The Balaban J connectivity index is 2.12. The largest absolute Gasteiger partial charge is 0.370 e. The van der Waals surface area contributed by atoms with Gasteiger partial charge in [0.15, 0.2) is 0 Å². The lowest BCUT2D eigenvalue weighted by atomic mass is 10.2. The van der Waals surface area contributed by atoms with Crippen molar-refractivity contribution in [3.8, 4) is 0 Å². The Morgan fingerprint density at radius 2 is 2.38 bits per heavy atom. The Labute approximate surface area is 77.1 Å². The van der Waals surface area contributed by atoms with E-state index >= 15 is 0 Å². The lowest BCUT2D eigenvalue weighted by Crippen LogP contribution is -2.14. The maximum absolute atomic E-state index is 5.37. The van der Waals surface area contributed by atoms with E-state index in [1.165, 1.54) is 5.56 Å². The van der Waals surface area contributed by atoms with Crippen molar-refractivity contribution in [3.63, 3.8) is 0 Å². The Hall–Kier alpha value is -1.13. The zero-order chi connectivity index (χ0) is 9.10. The van der Waals surface area contributed by atoms with Crippen molar-refractivity contribution < 1.29 is 4.74 Å². The summed E-state index contributed by atoms with van der Waals surface area (Å²) in [6.45, 7) is 2.70. The topological polar surface area (TPSA) is 60.2 Å². The first-order chi connectivity index (χ1) is 6.40. The SMILES string of the molecule is NCCNc1ccc2c(n1)COC2. The molecule has 2 rings (SSSR count). The number of hydrogen-bond donors (Lipinski definition) is 2. The highest BCUT2D eigenvalue weighted by atomic mass is 16.5. The third kappa shape index (κ3) is 1.79. The van der Waals surface area contributed by atoms with Gasteiger partial charge >= 0.3 is 0 Å². The third-order valence-corrected chi connectivity index (χ3v) is 2.02. The van der Waals surface area contributed by atoms with E-state index in [9.17, 15) is 0 Å². The maximum Gasteiger partial charge on any atom is 0.126 e. The van der Waals surface area contributed by atoms with Crippen LogP contribution in [0.5, 0.6) is 0 Å². The van der Waals surface area contributed by atoms with Crippen LogP contribution in [0.2, 0.25) is 0 Å². The van der Waals surface area contributed by atoms with Crippen LogP contribution >= 0.6 is 0 Å². The number of pyridine rings is 1. The van der Waals surface area contributed by atoms with Crippen LogP contribution in [0.4, 0.5) is 5.82 Å². The van der Waals surface area contributed by atoms with E-state index in [1.807, 2.05) is 12.1 Å². The molecule has 0 spiro atoms. The molecule has 0 aromatic carbocycles. The molecule has 0 saturated carbocycles. The highest BCUT2D eigenvalue weighted by Gasteiger charge is 2.12. The molecule has 0 unspecified atom stereocenters. The zero-order valence-corrected chi connectivity index (χ0v) is 7.42. The Morgan fingerprint density at radius 3 is 3.23 bits per heavy atom. The molecule has 0 amide bonds. The molecule has 70 valence electrons. The number of nitrogens with zero attached hydrogens (tertiary/aromatic N) is 1. The van der Waals surface area contributed by atoms with Crippen molar-refractivity contribution in [2.45, 2.75) is 13.2 Å². The highest BCUT2D eigenvalue weighted by molar-refractivity contribution is 5.39. The van der Waals surface area contributed by atoms with Gasteiger partial charge in [-0.05, 0) is 6.07 Å². The molecule has 0 radical (unpaired) electrons. The van der Waals surface area contributed by atoms with Gasteiger partial charge in [0.25, 0.3) is 0 Å². The number of nitrogens with one attached hydrogen (secondary N) is 1. The quantitative estimate of drug-likeness (QED) is 0.708. The summed E-state index contributed by atoms with van der Waals surface area (Å²) in [5, 5.41) is 3.13. The van der Waals surface area contributed by atoms with Crippen molar-refractivity contribution in [1.82, 2.24) is 4.98 Å². The standard InChI is InChI=1S/C9H13N3O/c10-3-4-11-9-2-1-7-5-13-6-8(7)12-9/h1-2H,3-6,10H2,(H,11,12). The van der Waals surface area contributed by atoms with Crippen LogP contribution in [-0.2, 0) is 18.0 Å². The molecule has 1 aromatic rings. The van der Waals surface area contributed by atoms with E-state index in [-0.39, 0.29) is 0 Å². The van der Waals surface area contributed by atoms with Crippen LogP contribution in [-0.4, -0.2) is 18.1 Å². The van der Waals surface area contributed by atoms with Gasteiger partial charge in [0.2, 0.25) is 0 Å². The van der Waals surface area contributed by atoms with Crippen molar-refractivity contribution >= 4 is 5.82 Å². The molecule has 4 heteroatoms. The summed E-state index contributed by atoms with van der Waals surface area (Å²) in [4.78, 5) is 4.40. The molecule has 3 N–H and O–H groups in total. The van der Waals surface area contributed by atoms with Gasteiger partial charge in [0.05, 0.1) is 18.9 Å². The lowest BCUT2D eigenvalue weighted by Gasteiger charge is -2.04. The van der Waals surface area contributed by atoms with Crippen molar-refractivity contribution in [1.29, 1.82) is 0 Å². The lowest BCUT2D eigenvalue weighted by molar-refractivity contribution is 0.133. The van der Waals surface area contributed by atoms with Crippen LogP contribution in [0.15, 0.2) is 12.1 Å². The first-order valence-corrected chi connectivity index (χ1v) is 4.40. The minimum absolute atomic E-state index is 0.620. The van der Waals surface area contributed by atoms with Crippen molar-refractivity contribution in [3.05, 3.63) is 23.4 Å². The van der Waals surface area contributed by atoms with Gasteiger partial charge in [-0.1, -0.05) is 6.07 Å². The fourth-order valence-electron chi connectivity index (χ4n) is 1.34. The van der Waals surface area contributed by atoms with Gasteiger partial charge in [0.1, 0.15) is 5.82 Å². The molecule has 2 heterocycles. The summed E-state index contributed by atoms with van der Waals surface area (Å²) in [5.41, 5.74) is 7.61. The van der Waals surface area contributed by atoms with Gasteiger partial charge in [-0.3, -0.25) is 0 Å². The molecule has 13 heavy (non-hydrogen) atoms. The first kappa shape index (κ1) is 8.47. The normalized spacial score (nSPS) is 14.2. The summed E-state index contributed by atoms with van der Waals surface area (Å²) < 4.78 is 5.26. The molecule has 0 fully saturated rings. The predicted octanol–water partition coefficient (Wildman–Crippen LogP) is 0.482. The van der Waals surface area contributed by atoms with E-state index in [2.05, 4.69) is 10.3 Å². The summed E-state index contributed by atoms with van der Waals surface area (Å²) in [6.07, 6.45) is 0. The minimum Gasteiger partial charge on any atom is -0.370 e. The molecule has 0 saturated heterocycles. The molecule has 0 aliphatic carbocycles. The summed E-state index contributed by atoms with van der Waals surface area (Å²) in [5.74, 6) is 0.884. The average molecular weight is 179 g/mol. The van der Waals surface area contributed by atoms with Crippen LogP contribution in [0, 0.1) is 0 Å². The van der Waals surface area contributed by atoms with Crippen LogP contribution in [0.25, 0.3) is 0 Å². The summed E-state index contributed by atoms with van der Waals surface area (Å²) >= 11 is 0. The number of hydrogen-bond acceptors (Lipinski definition) is 4. The first-order valence-electron chi connectivity index (χ1n) is 4.40. The summed E-state index contributed by atoms with van der Waals surface area (Å²) in [6, 6.07) is 4.01. The van der Waals surface area contributed by atoms with Crippen LogP contribution in [0.1, 0.15) is 11.3 Å². The zero-order valence-electron chi connectivity index (χ0n) is 7.42. The van der Waals surface area contributed by atoms with E-state index in [1.54, 1.807) is 0 Å². The smallest absolute Gasteiger partial charge is 0.126 e. The molecule has 4 nitrogen and oxygen atoms in total. The van der Waals surface area contributed by atoms with E-state index in [0.29, 0.717) is 19.8 Å². The van der Waals surface area contributed by atoms with Crippen molar-refractivity contribution in [2.24, 2.45) is 5.73 Å². The third-order valence-electron chi connectivity index (χ3n) is 2.02. The Morgan fingerprint density at radius 1 is 1.46 bits per heavy atom. The second-order valence-corrected chi connectivity index (χ2v) is 3.01. The van der Waals surface area contributed by atoms with Crippen molar-refractivity contribution in [2.75, 3.05) is 18.4 Å². The maximum atomic E-state index is 5.37. The fourth-order valence-corrected chi connectivity index (χ4v) is 1.34. The van der Waals surface area contributed by atoms with Gasteiger partial charge < -0.3 is 15.8 Å². The van der Waals surface area contributed by atoms with Gasteiger partial charge in [-0.2, -0.15) is 0 Å². The van der Waals surface area contributed by atoms with Gasteiger partial charge in [-0.15, -0.1) is 0 Å². The molecule has 1 aliphatic rings.